The number of ether oxygens (including phenoxy) is 1. The van der Waals surface area contributed by atoms with Crippen molar-refractivity contribution in [3.63, 3.8) is 0 Å². The Kier molecular flexibility index (Phi) is 5.78. The van der Waals surface area contributed by atoms with Gasteiger partial charge >= 0.3 is 5.63 Å². The van der Waals surface area contributed by atoms with Crippen molar-refractivity contribution in [2.75, 3.05) is 25.0 Å². The Morgan fingerprint density at radius 1 is 1.19 bits per heavy atom. The number of morpholine rings is 1. The van der Waals surface area contributed by atoms with Gasteiger partial charge in [-0.25, -0.2) is 14.8 Å². The van der Waals surface area contributed by atoms with Gasteiger partial charge in [0.2, 0.25) is 5.95 Å². The third-order valence-corrected chi connectivity index (χ3v) is 6.63. The van der Waals surface area contributed by atoms with E-state index in [-0.39, 0.29) is 11.3 Å². The first-order valence-corrected chi connectivity index (χ1v) is 12.1. The highest BCUT2D eigenvalue weighted by Crippen LogP contribution is 2.32. The molecule has 9 nitrogen and oxygen atoms in total. The number of carbonyl (C=O) groups excluding carboxylic acids is 1. The van der Waals surface area contributed by atoms with Crippen molar-refractivity contribution in [2.24, 2.45) is 7.05 Å². The minimum Gasteiger partial charge on any atom is -0.422 e. The van der Waals surface area contributed by atoms with Gasteiger partial charge in [0.25, 0.3) is 0 Å². The number of carbonyl (C=O) groups is 1. The molecule has 0 aliphatic carbocycles. The molecule has 37 heavy (non-hydrogen) atoms. The van der Waals surface area contributed by atoms with Gasteiger partial charge in [-0.3, -0.25) is 4.79 Å². The SMILES string of the molecule is CC(=O)c1c(C2CNCCO2)c2ccc(Nc3nccc(-c4cccc5ccn(C)c45)n3)cc2oc1=O. The number of nitrogens with one attached hydrogen (secondary N) is 2. The quantitative estimate of drug-likeness (QED) is 0.274. The number of nitrogens with zero attached hydrogens (tertiary/aromatic N) is 3. The molecule has 1 aliphatic rings. The van der Waals surface area contributed by atoms with Gasteiger partial charge in [0.1, 0.15) is 11.1 Å². The monoisotopic (exact) mass is 495 g/mol. The normalized spacial score (nSPS) is 15.8. The van der Waals surface area contributed by atoms with Crippen LogP contribution in [0.4, 0.5) is 11.6 Å². The fourth-order valence-electron chi connectivity index (χ4n) is 4.98. The first kappa shape index (κ1) is 23.1. The van der Waals surface area contributed by atoms with E-state index in [0.29, 0.717) is 41.3 Å². The first-order chi connectivity index (χ1) is 18.0. The highest BCUT2D eigenvalue weighted by atomic mass is 16.5. The van der Waals surface area contributed by atoms with Crippen LogP contribution < -0.4 is 16.3 Å². The molecule has 1 saturated heterocycles. The summed E-state index contributed by atoms with van der Waals surface area (Å²) in [5, 5.41) is 8.27. The molecule has 0 saturated carbocycles. The first-order valence-electron chi connectivity index (χ1n) is 12.1. The summed E-state index contributed by atoms with van der Waals surface area (Å²) in [7, 11) is 2.01. The molecule has 1 atom stereocenters. The van der Waals surface area contributed by atoms with Crippen LogP contribution in [0.25, 0.3) is 33.1 Å². The molecule has 1 unspecified atom stereocenters. The number of hydrogen-bond donors (Lipinski definition) is 2. The summed E-state index contributed by atoms with van der Waals surface area (Å²) in [6.07, 6.45) is 3.31. The Morgan fingerprint density at radius 3 is 2.89 bits per heavy atom. The Balaban J connectivity index is 1.39. The maximum Gasteiger partial charge on any atom is 0.347 e. The van der Waals surface area contributed by atoms with Crippen LogP contribution in [0.1, 0.15) is 28.9 Å². The zero-order valence-electron chi connectivity index (χ0n) is 20.4. The van der Waals surface area contributed by atoms with Crippen molar-refractivity contribution >= 4 is 39.3 Å². The Labute approximate surface area is 212 Å². The van der Waals surface area contributed by atoms with Gasteiger partial charge in [0.05, 0.1) is 23.9 Å². The van der Waals surface area contributed by atoms with E-state index in [1.807, 2.05) is 43.6 Å². The molecule has 0 spiro atoms. The summed E-state index contributed by atoms with van der Waals surface area (Å²) in [4.78, 5) is 34.3. The molecule has 2 aromatic carbocycles. The molecule has 1 aliphatic heterocycles. The molecule has 5 aromatic rings. The van der Waals surface area contributed by atoms with E-state index >= 15 is 0 Å². The maximum absolute atomic E-state index is 12.8. The van der Waals surface area contributed by atoms with Crippen LogP contribution in [0.15, 0.2) is 70.1 Å². The highest BCUT2D eigenvalue weighted by Gasteiger charge is 2.27. The molecule has 4 heterocycles. The molecule has 2 N–H and O–H groups in total. The lowest BCUT2D eigenvalue weighted by Gasteiger charge is -2.26. The average molecular weight is 496 g/mol. The summed E-state index contributed by atoms with van der Waals surface area (Å²) in [5.74, 6) is 0.0614. The highest BCUT2D eigenvalue weighted by molar-refractivity contribution is 6.00. The number of aryl methyl sites for hydroxylation is 1. The molecule has 186 valence electrons. The minimum atomic E-state index is -0.671. The molecule has 0 amide bonds. The lowest BCUT2D eigenvalue weighted by atomic mass is 9.96. The third kappa shape index (κ3) is 4.18. The van der Waals surface area contributed by atoms with Crippen LogP contribution in [0.5, 0.6) is 0 Å². The predicted molar refractivity (Wildman–Crippen MR) is 141 cm³/mol. The second-order valence-corrected chi connectivity index (χ2v) is 9.07. The van der Waals surface area contributed by atoms with Gasteiger partial charge in [-0.05, 0) is 31.2 Å². The molecular weight excluding hydrogens is 470 g/mol. The van der Waals surface area contributed by atoms with Crippen LogP contribution >= 0.6 is 0 Å². The van der Waals surface area contributed by atoms with Gasteiger partial charge < -0.3 is 24.4 Å². The molecule has 6 rings (SSSR count). The standard InChI is InChI=1S/C28H25N5O4/c1-16(34)24-25(23-15-29-11-13-36-23)20-7-6-18(14-22(20)37-27(24)35)31-28-30-10-8-21(32-28)19-5-3-4-17-9-12-33(2)26(17)19/h3-10,12,14,23,29H,11,13,15H2,1-2H3,(H,30,31,32). The summed E-state index contributed by atoms with van der Waals surface area (Å²) >= 11 is 0. The number of aromatic nitrogens is 3. The topological polar surface area (TPSA) is 111 Å². The third-order valence-electron chi connectivity index (χ3n) is 6.63. The fraction of sp³-hybridized carbons (Fsp3) is 0.214. The minimum absolute atomic E-state index is 0.0350. The smallest absolute Gasteiger partial charge is 0.347 e. The largest absolute Gasteiger partial charge is 0.422 e. The summed E-state index contributed by atoms with van der Waals surface area (Å²) in [6.45, 7) is 3.09. The van der Waals surface area contributed by atoms with Gasteiger partial charge in [0, 0.05) is 66.2 Å². The molecule has 0 radical (unpaired) electrons. The zero-order valence-corrected chi connectivity index (χ0v) is 20.4. The van der Waals surface area contributed by atoms with E-state index in [1.165, 1.54) is 6.92 Å². The van der Waals surface area contributed by atoms with Gasteiger partial charge in [-0.2, -0.15) is 0 Å². The molecule has 9 heteroatoms. The number of para-hydroxylation sites is 1. The fourth-order valence-corrected chi connectivity index (χ4v) is 4.98. The van der Waals surface area contributed by atoms with E-state index in [2.05, 4.69) is 32.3 Å². The van der Waals surface area contributed by atoms with Crippen molar-refractivity contribution < 1.29 is 13.9 Å². The summed E-state index contributed by atoms with van der Waals surface area (Å²) < 4.78 is 13.5. The van der Waals surface area contributed by atoms with Gasteiger partial charge in [0.15, 0.2) is 5.78 Å². The second-order valence-electron chi connectivity index (χ2n) is 9.07. The van der Waals surface area contributed by atoms with Crippen LogP contribution in [0.2, 0.25) is 0 Å². The van der Waals surface area contributed by atoms with E-state index in [0.717, 1.165) is 28.7 Å². The van der Waals surface area contributed by atoms with Crippen molar-refractivity contribution in [1.29, 1.82) is 0 Å². The number of Topliss-reactive ketones (excluding diaryl/α,β-unsaturated/α-hetero) is 1. The van der Waals surface area contributed by atoms with Gasteiger partial charge in [-0.1, -0.05) is 18.2 Å². The number of hydrogen-bond acceptors (Lipinski definition) is 8. The number of fused-ring (bicyclic) bond motifs is 2. The van der Waals surface area contributed by atoms with Crippen molar-refractivity contribution in [1.82, 2.24) is 19.9 Å². The lowest BCUT2D eigenvalue weighted by molar-refractivity contribution is 0.0277. The number of anilines is 2. The number of ketones is 1. The van der Waals surface area contributed by atoms with Gasteiger partial charge in [-0.15, -0.1) is 0 Å². The van der Waals surface area contributed by atoms with E-state index in [1.54, 1.807) is 12.3 Å². The van der Waals surface area contributed by atoms with E-state index in [9.17, 15) is 9.59 Å². The number of benzene rings is 2. The Morgan fingerprint density at radius 2 is 2.08 bits per heavy atom. The van der Waals surface area contributed by atoms with E-state index < -0.39 is 11.7 Å². The molecular formula is C28H25N5O4. The van der Waals surface area contributed by atoms with Crippen LogP contribution in [0, 0.1) is 0 Å². The van der Waals surface area contributed by atoms with Crippen LogP contribution in [-0.2, 0) is 11.8 Å². The summed E-state index contributed by atoms with van der Waals surface area (Å²) in [6, 6.07) is 15.5. The van der Waals surface area contributed by atoms with Crippen LogP contribution in [0.3, 0.4) is 0 Å². The molecule has 0 bridgehead atoms. The zero-order chi connectivity index (χ0) is 25.5. The van der Waals surface area contributed by atoms with Crippen molar-refractivity contribution in [3.05, 3.63) is 82.5 Å². The molecule has 3 aromatic heterocycles. The Bertz CT molecular complexity index is 1720. The second kappa shape index (κ2) is 9.27. The maximum atomic E-state index is 12.8. The summed E-state index contributed by atoms with van der Waals surface area (Å²) in [5.41, 5.74) is 3.81. The number of rotatable bonds is 5. The van der Waals surface area contributed by atoms with Crippen LogP contribution in [-0.4, -0.2) is 40.0 Å². The average Bonchev–Trinajstić information content (AvgIpc) is 3.29. The van der Waals surface area contributed by atoms with Crippen molar-refractivity contribution in [3.8, 4) is 11.3 Å². The lowest BCUT2D eigenvalue weighted by Crippen LogP contribution is -2.35. The Hall–Kier alpha value is -4.34. The molecule has 1 fully saturated rings. The predicted octanol–water partition coefficient (Wildman–Crippen LogP) is 4.35. The van der Waals surface area contributed by atoms with Crippen molar-refractivity contribution in [2.45, 2.75) is 13.0 Å². The van der Waals surface area contributed by atoms with E-state index in [4.69, 9.17) is 14.1 Å².